The summed E-state index contributed by atoms with van der Waals surface area (Å²) in [6, 6.07) is 2.53. The predicted octanol–water partition coefficient (Wildman–Crippen LogP) is 1.79. The largest absolute Gasteiger partial charge is 0.420 e. The molecule has 0 saturated carbocycles. The van der Waals surface area contributed by atoms with E-state index in [-0.39, 0.29) is 28.6 Å². The number of benzene rings is 1. The minimum atomic E-state index is -0.695. The summed E-state index contributed by atoms with van der Waals surface area (Å²) in [5, 5.41) is 2.73. The number of carbonyl (C=O) groups excluding carboxylic acids is 1. The zero-order chi connectivity index (χ0) is 15.7. The fourth-order valence-electron chi connectivity index (χ4n) is 2.44. The molecule has 1 saturated heterocycles. The van der Waals surface area contributed by atoms with Gasteiger partial charge in [-0.2, -0.15) is 0 Å². The first-order valence-corrected chi connectivity index (χ1v) is 7.70. The summed E-state index contributed by atoms with van der Waals surface area (Å²) in [6.45, 7) is 0.949. The Morgan fingerprint density at radius 1 is 1.50 bits per heavy atom. The van der Waals surface area contributed by atoms with E-state index in [2.05, 4.69) is 21.2 Å². The zero-order valence-electron chi connectivity index (χ0n) is 11.6. The number of aromatic nitrogens is 1. The van der Waals surface area contributed by atoms with Gasteiger partial charge in [0, 0.05) is 19.2 Å². The summed E-state index contributed by atoms with van der Waals surface area (Å²) in [4.78, 5) is 23.8. The highest BCUT2D eigenvalue weighted by molar-refractivity contribution is 9.10. The monoisotopic (exact) mass is 372 g/mol. The van der Waals surface area contributed by atoms with Crippen LogP contribution in [-0.4, -0.2) is 29.7 Å². The highest BCUT2D eigenvalue weighted by atomic mass is 79.9. The molecular formula is C14H14BrFN2O4. The molecule has 2 heterocycles. The van der Waals surface area contributed by atoms with Crippen LogP contribution in [0.4, 0.5) is 4.39 Å². The summed E-state index contributed by atoms with van der Waals surface area (Å²) >= 11 is 3.05. The number of ether oxygens (including phenoxy) is 1. The van der Waals surface area contributed by atoms with Crippen molar-refractivity contribution in [2.24, 2.45) is 0 Å². The molecule has 22 heavy (non-hydrogen) atoms. The van der Waals surface area contributed by atoms with Gasteiger partial charge in [-0.1, -0.05) is 0 Å². The van der Waals surface area contributed by atoms with Crippen LogP contribution in [0.25, 0.3) is 11.1 Å². The van der Waals surface area contributed by atoms with Crippen molar-refractivity contribution in [3.8, 4) is 0 Å². The molecule has 118 valence electrons. The van der Waals surface area contributed by atoms with Crippen LogP contribution in [0.1, 0.15) is 12.8 Å². The standard InChI is InChI=1S/C14H14BrFN2O4/c15-9-4-11-12(5-10(9)16)22-14(20)18(11)7-13(19)17-6-8-2-1-3-21-8/h4-5,8H,1-3,6-7H2,(H,17,19). The Morgan fingerprint density at radius 3 is 3.05 bits per heavy atom. The zero-order valence-corrected chi connectivity index (χ0v) is 13.2. The molecule has 2 aromatic rings. The molecule has 1 aromatic carbocycles. The van der Waals surface area contributed by atoms with Gasteiger partial charge in [-0.05, 0) is 34.8 Å². The molecule has 1 fully saturated rings. The van der Waals surface area contributed by atoms with Crippen LogP contribution in [0.2, 0.25) is 0 Å². The van der Waals surface area contributed by atoms with Gasteiger partial charge in [-0.3, -0.25) is 9.36 Å². The number of hydrogen-bond donors (Lipinski definition) is 1. The van der Waals surface area contributed by atoms with Crippen LogP contribution < -0.4 is 11.1 Å². The molecule has 1 aliphatic rings. The molecule has 6 nitrogen and oxygen atoms in total. The van der Waals surface area contributed by atoms with Crippen LogP contribution in [0.5, 0.6) is 0 Å². The molecule has 0 bridgehead atoms. The van der Waals surface area contributed by atoms with Crippen LogP contribution in [-0.2, 0) is 16.1 Å². The average molecular weight is 373 g/mol. The van der Waals surface area contributed by atoms with Gasteiger partial charge in [-0.25, -0.2) is 9.18 Å². The maximum absolute atomic E-state index is 13.4. The van der Waals surface area contributed by atoms with E-state index in [0.29, 0.717) is 18.7 Å². The highest BCUT2D eigenvalue weighted by Gasteiger charge is 2.18. The van der Waals surface area contributed by atoms with Gasteiger partial charge in [0.05, 0.1) is 16.1 Å². The van der Waals surface area contributed by atoms with Crippen LogP contribution in [0.15, 0.2) is 25.8 Å². The number of fused-ring (bicyclic) bond motifs is 1. The fraction of sp³-hybridized carbons (Fsp3) is 0.429. The molecule has 0 aliphatic carbocycles. The predicted molar refractivity (Wildman–Crippen MR) is 80.1 cm³/mol. The number of nitrogens with one attached hydrogen (secondary N) is 1. The Bertz CT molecular complexity index is 764. The normalized spacial score (nSPS) is 18.0. The van der Waals surface area contributed by atoms with E-state index >= 15 is 0 Å². The lowest BCUT2D eigenvalue weighted by atomic mass is 10.2. The smallest absolute Gasteiger partial charge is 0.408 e. The van der Waals surface area contributed by atoms with Crippen molar-refractivity contribution in [3.05, 3.63) is 33.0 Å². The van der Waals surface area contributed by atoms with Crippen molar-refractivity contribution in [3.63, 3.8) is 0 Å². The molecule has 1 unspecified atom stereocenters. The summed E-state index contributed by atoms with van der Waals surface area (Å²) in [6.07, 6.45) is 1.94. The summed E-state index contributed by atoms with van der Waals surface area (Å²) < 4.78 is 25.2. The SMILES string of the molecule is O=C(Cn1c(=O)oc2cc(F)c(Br)cc21)NCC1CCCO1. The first-order valence-electron chi connectivity index (χ1n) is 6.91. The summed E-state index contributed by atoms with van der Waals surface area (Å²) in [7, 11) is 0. The third kappa shape index (κ3) is 3.07. The number of amides is 1. The second kappa shape index (κ2) is 6.21. The fourth-order valence-corrected chi connectivity index (χ4v) is 2.77. The van der Waals surface area contributed by atoms with Crippen molar-refractivity contribution in [1.29, 1.82) is 0 Å². The number of rotatable bonds is 4. The van der Waals surface area contributed by atoms with Crippen molar-refractivity contribution in [2.45, 2.75) is 25.5 Å². The van der Waals surface area contributed by atoms with Crippen LogP contribution in [0.3, 0.4) is 0 Å². The van der Waals surface area contributed by atoms with Crippen molar-refractivity contribution >= 4 is 32.9 Å². The minimum Gasteiger partial charge on any atom is -0.408 e. The van der Waals surface area contributed by atoms with E-state index in [1.807, 2.05) is 0 Å². The van der Waals surface area contributed by atoms with E-state index in [0.717, 1.165) is 18.9 Å². The lowest BCUT2D eigenvalue weighted by Gasteiger charge is -2.10. The van der Waals surface area contributed by atoms with E-state index < -0.39 is 11.6 Å². The lowest BCUT2D eigenvalue weighted by Crippen LogP contribution is -2.35. The Labute approximate surface area is 133 Å². The maximum atomic E-state index is 13.4. The summed E-state index contributed by atoms with van der Waals surface area (Å²) in [5.74, 6) is -1.54. The van der Waals surface area contributed by atoms with Gasteiger partial charge in [0.15, 0.2) is 5.58 Å². The number of carbonyl (C=O) groups is 1. The van der Waals surface area contributed by atoms with Crippen LogP contribution in [0, 0.1) is 5.82 Å². The molecule has 8 heteroatoms. The minimum absolute atomic E-state index is 0.0324. The molecule has 1 N–H and O–H groups in total. The topological polar surface area (TPSA) is 73.5 Å². The van der Waals surface area contributed by atoms with Crippen LogP contribution >= 0.6 is 15.9 Å². The molecule has 0 radical (unpaired) electrons. The molecular weight excluding hydrogens is 359 g/mol. The molecule has 0 spiro atoms. The van der Waals surface area contributed by atoms with E-state index in [9.17, 15) is 14.0 Å². The quantitative estimate of drug-likeness (QED) is 0.887. The van der Waals surface area contributed by atoms with E-state index in [4.69, 9.17) is 9.15 Å². The number of oxazole rings is 1. The van der Waals surface area contributed by atoms with Gasteiger partial charge in [0.25, 0.3) is 0 Å². The summed E-state index contributed by atoms with van der Waals surface area (Å²) in [5.41, 5.74) is 0.475. The van der Waals surface area contributed by atoms with Crippen molar-refractivity contribution in [2.75, 3.05) is 13.2 Å². The number of nitrogens with zero attached hydrogens (tertiary/aromatic N) is 1. The Kier molecular flexibility index (Phi) is 4.30. The molecule has 3 rings (SSSR count). The van der Waals surface area contributed by atoms with E-state index in [1.165, 1.54) is 10.6 Å². The Morgan fingerprint density at radius 2 is 2.32 bits per heavy atom. The third-order valence-electron chi connectivity index (χ3n) is 3.56. The Balaban J connectivity index is 1.75. The maximum Gasteiger partial charge on any atom is 0.420 e. The van der Waals surface area contributed by atoms with Gasteiger partial charge >= 0.3 is 5.76 Å². The molecule has 1 atom stereocenters. The number of hydrogen-bond acceptors (Lipinski definition) is 4. The van der Waals surface area contributed by atoms with Gasteiger partial charge < -0.3 is 14.5 Å². The van der Waals surface area contributed by atoms with E-state index in [1.54, 1.807) is 0 Å². The van der Waals surface area contributed by atoms with Crippen molar-refractivity contribution in [1.82, 2.24) is 9.88 Å². The molecule has 1 aromatic heterocycles. The molecule has 1 aliphatic heterocycles. The van der Waals surface area contributed by atoms with Gasteiger partial charge in [0.2, 0.25) is 5.91 Å². The second-order valence-corrected chi connectivity index (χ2v) is 5.98. The first kappa shape index (κ1) is 15.2. The van der Waals surface area contributed by atoms with Gasteiger partial charge in [0.1, 0.15) is 12.4 Å². The second-order valence-electron chi connectivity index (χ2n) is 5.13. The van der Waals surface area contributed by atoms with Crippen molar-refractivity contribution < 1.29 is 18.3 Å². The average Bonchev–Trinajstić information content (AvgIpc) is 3.08. The number of halogens is 2. The Hall–Kier alpha value is -1.67. The molecule has 1 amide bonds. The van der Waals surface area contributed by atoms with Gasteiger partial charge in [-0.15, -0.1) is 0 Å². The third-order valence-corrected chi connectivity index (χ3v) is 4.17. The lowest BCUT2D eigenvalue weighted by molar-refractivity contribution is -0.122. The first-order chi connectivity index (χ1) is 10.5. The highest BCUT2D eigenvalue weighted by Crippen LogP contribution is 2.22.